The third-order valence-electron chi connectivity index (χ3n) is 3.01. The second-order valence-electron chi connectivity index (χ2n) is 4.38. The zero-order chi connectivity index (χ0) is 12.1. The molecule has 0 radical (unpaired) electrons. The molecule has 1 saturated carbocycles. The molecule has 0 amide bonds. The maximum atomic E-state index is 9.37. The lowest BCUT2D eigenvalue weighted by molar-refractivity contribution is 0.152. The topological polar surface area (TPSA) is 64.8 Å². The summed E-state index contributed by atoms with van der Waals surface area (Å²) in [4.78, 5) is 0. The standard InChI is InChI=1S/C13H18N2O2/c16-9-10-1-3-11(4-2-10)14-15-12-5-7-13(17)8-6-12/h1-4,13-14,16-17H,5-9H2. The molecular formula is C13H18N2O2. The van der Waals surface area contributed by atoms with Gasteiger partial charge in [-0.1, -0.05) is 12.1 Å². The minimum Gasteiger partial charge on any atom is -0.393 e. The van der Waals surface area contributed by atoms with Crippen molar-refractivity contribution in [3.05, 3.63) is 29.8 Å². The van der Waals surface area contributed by atoms with Crippen LogP contribution in [0.1, 0.15) is 31.2 Å². The third-order valence-corrected chi connectivity index (χ3v) is 3.01. The number of rotatable bonds is 3. The van der Waals surface area contributed by atoms with Crippen molar-refractivity contribution in [3.8, 4) is 0 Å². The Hall–Kier alpha value is -1.39. The Morgan fingerprint density at radius 1 is 1.18 bits per heavy atom. The number of hydrogen-bond acceptors (Lipinski definition) is 4. The predicted octanol–water partition coefficient (Wildman–Crippen LogP) is 1.88. The zero-order valence-electron chi connectivity index (χ0n) is 9.76. The number of anilines is 1. The van der Waals surface area contributed by atoms with Gasteiger partial charge in [-0.25, -0.2) is 0 Å². The highest BCUT2D eigenvalue weighted by Gasteiger charge is 2.14. The fourth-order valence-electron chi connectivity index (χ4n) is 1.88. The molecule has 0 atom stereocenters. The Bertz CT molecular complexity index is 377. The highest BCUT2D eigenvalue weighted by Crippen LogP contribution is 2.16. The van der Waals surface area contributed by atoms with Crippen LogP contribution in [-0.4, -0.2) is 22.0 Å². The van der Waals surface area contributed by atoms with Crippen LogP contribution in [0.3, 0.4) is 0 Å². The maximum Gasteiger partial charge on any atom is 0.0681 e. The van der Waals surface area contributed by atoms with Gasteiger partial charge in [-0.05, 0) is 43.4 Å². The first kappa shape index (κ1) is 12.1. The Kier molecular flexibility index (Phi) is 4.12. The summed E-state index contributed by atoms with van der Waals surface area (Å²) in [6.07, 6.45) is 3.19. The highest BCUT2D eigenvalue weighted by atomic mass is 16.3. The summed E-state index contributed by atoms with van der Waals surface area (Å²) in [5.41, 5.74) is 5.93. The van der Waals surface area contributed by atoms with Gasteiger partial charge in [0, 0.05) is 5.71 Å². The van der Waals surface area contributed by atoms with E-state index in [1.807, 2.05) is 24.3 Å². The molecule has 0 spiro atoms. The van der Waals surface area contributed by atoms with E-state index >= 15 is 0 Å². The Balaban J connectivity index is 1.90. The van der Waals surface area contributed by atoms with Gasteiger partial charge < -0.3 is 10.2 Å². The number of nitrogens with zero attached hydrogens (tertiary/aromatic N) is 1. The molecule has 0 unspecified atom stereocenters. The number of hydrazone groups is 1. The first-order valence-corrected chi connectivity index (χ1v) is 5.97. The summed E-state index contributed by atoms with van der Waals surface area (Å²) in [7, 11) is 0. The molecule has 92 valence electrons. The molecular weight excluding hydrogens is 216 g/mol. The molecule has 1 fully saturated rings. The maximum absolute atomic E-state index is 9.37. The Morgan fingerprint density at radius 2 is 1.82 bits per heavy atom. The van der Waals surface area contributed by atoms with Gasteiger partial charge in [0.2, 0.25) is 0 Å². The van der Waals surface area contributed by atoms with Gasteiger partial charge in [0.15, 0.2) is 0 Å². The molecule has 0 bridgehead atoms. The molecule has 0 saturated heterocycles. The van der Waals surface area contributed by atoms with E-state index < -0.39 is 0 Å². The van der Waals surface area contributed by atoms with Crippen LogP contribution in [0.5, 0.6) is 0 Å². The Labute approximate surface area is 101 Å². The summed E-state index contributed by atoms with van der Waals surface area (Å²) in [5, 5.41) is 22.6. The molecule has 4 heteroatoms. The zero-order valence-corrected chi connectivity index (χ0v) is 9.76. The van der Waals surface area contributed by atoms with Gasteiger partial charge in [-0.15, -0.1) is 0 Å². The summed E-state index contributed by atoms with van der Waals surface area (Å²) in [6, 6.07) is 7.53. The normalized spacial score (nSPS) is 20.1. The number of hydrogen-bond donors (Lipinski definition) is 3. The predicted molar refractivity (Wildman–Crippen MR) is 67.9 cm³/mol. The van der Waals surface area contributed by atoms with E-state index in [2.05, 4.69) is 10.5 Å². The largest absolute Gasteiger partial charge is 0.393 e. The van der Waals surface area contributed by atoms with Crippen LogP contribution >= 0.6 is 0 Å². The van der Waals surface area contributed by atoms with Crippen molar-refractivity contribution in [1.82, 2.24) is 0 Å². The van der Waals surface area contributed by atoms with Crippen LogP contribution in [0.25, 0.3) is 0 Å². The summed E-state index contributed by atoms with van der Waals surface area (Å²) >= 11 is 0. The van der Waals surface area contributed by atoms with E-state index in [4.69, 9.17) is 5.11 Å². The van der Waals surface area contributed by atoms with Crippen molar-refractivity contribution in [2.75, 3.05) is 5.43 Å². The van der Waals surface area contributed by atoms with Gasteiger partial charge >= 0.3 is 0 Å². The number of aliphatic hydroxyl groups excluding tert-OH is 2. The fourth-order valence-corrected chi connectivity index (χ4v) is 1.88. The molecule has 1 aliphatic rings. The van der Waals surface area contributed by atoms with E-state index in [0.29, 0.717) is 0 Å². The molecule has 0 heterocycles. The second kappa shape index (κ2) is 5.80. The lowest BCUT2D eigenvalue weighted by Crippen LogP contribution is -2.18. The van der Waals surface area contributed by atoms with Crippen LogP contribution in [0.4, 0.5) is 5.69 Å². The molecule has 1 aromatic rings. The SMILES string of the molecule is OCc1ccc(NN=C2CCC(O)CC2)cc1. The van der Waals surface area contributed by atoms with Crippen LogP contribution in [0.15, 0.2) is 29.4 Å². The third kappa shape index (κ3) is 3.54. The number of benzene rings is 1. The van der Waals surface area contributed by atoms with Crippen molar-refractivity contribution in [3.63, 3.8) is 0 Å². The van der Waals surface area contributed by atoms with Gasteiger partial charge in [0.05, 0.1) is 18.4 Å². The van der Waals surface area contributed by atoms with E-state index in [0.717, 1.165) is 42.6 Å². The quantitative estimate of drug-likeness (QED) is 0.700. The minimum atomic E-state index is -0.155. The van der Waals surface area contributed by atoms with Crippen LogP contribution in [0.2, 0.25) is 0 Å². The van der Waals surface area contributed by atoms with E-state index in [1.165, 1.54) is 0 Å². The minimum absolute atomic E-state index is 0.0622. The first-order chi connectivity index (χ1) is 8.28. The van der Waals surface area contributed by atoms with Crippen molar-refractivity contribution in [2.45, 2.75) is 38.4 Å². The van der Waals surface area contributed by atoms with E-state index in [1.54, 1.807) is 0 Å². The number of aliphatic hydroxyl groups is 2. The van der Waals surface area contributed by atoms with Crippen molar-refractivity contribution >= 4 is 11.4 Å². The summed E-state index contributed by atoms with van der Waals surface area (Å²) < 4.78 is 0. The van der Waals surface area contributed by atoms with Gasteiger partial charge in [-0.3, -0.25) is 5.43 Å². The Morgan fingerprint density at radius 3 is 2.41 bits per heavy atom. The van der Waals surface area contributed by atoms with Crippen molar-refractivity contribution in [1.29, 1.82) is 0 Å². The molecule has 0 aromatic heterocycles. The molecule has 1 aromatic carbocycles. The number of nitrogens with one attached hydrogen (secondary N) is 1. The van der Waals surface area contributed by atoms with E-state index in [9.17, 15) is 5.11 Å². The monoisotopic (exact) mass is 234 g/mol. The lowest BCUT2D eigenvalue weighted by Gasteiger charge is -2.18. The average Bonchev–Trinajstić information content (AvgIpc) is 2.39. The van der Waals surface area contributed by atoms with Gasteiger partial charge in [0.25, 0.3) is 0 Å². The smallest absolute Gasteiger partial charge is 0.0681 e. The summed E-state index contributed by atoms with van der Waals surface area (Å²) in [5.74, 6) is 0. The first-order valence-electron chi connectivity index (χ1n) is 5.97. The van der Waals surface area contributed by atoms with Crippen molar-refractivity contribution in [2.24, 2.45) is 5.10 Å². The second-order valence-corrected chi connectivity index (χ2v) is 4.38. The van der Waals surface area contributed by atoms with Gasteiger partial charge in [0.1, 0.15) is 0 Å². The summed E-state index contributed by atoms with van der Waals surface area (Å²) in [6.45, 7) is 0.0622. The fraction of sp³-hybridized carbons (Fsp3) is 0.462. The molecule has 1 aliphatic carbocycles. The van der Waals surface area contributed by atoms with Crippen LogP contribution < -0.4 is 5.43 Å². The van der Waals surface area contributed by atoms with Crippen LogP contribution in [-0.2, 0) is 6.61 Å². The van der Waals surface area contributed by atoms with Crippen molar-refractivity contribution < 1.29 is 10.2 Å². The highest BCUT2D eigenvalue weighted by molar-refractivity contribution is 5.85. The lowest BCUT2D eigenvalue weighted by atomic mass is 9.96. The molecule has 4 nitrogen and oxygen atoms in total. The van der Waals surface area contributed by atoms with Crippen LogP contribution in [0, 0.1) is 0 Å². The average molecular weight is 234 g/mol. The van der Waals surface area contributed by atoms with Gasteiger partial charge in [-0.2, -0.15) is 5.10 Å². The molecule has 0 aliphatic heterocycles. The molecule has 3 N–H and O–H groups in total. The molecule has 17 heavy (non-hydrogen) atoms. The van der Waals surface area contributed by atoms with E-state index in [-0.39, 0.29) is 12.7 Å². The molecule has 2 rings (SSSR count).